The number of aromatic amines is 1. The highest BCUT2D eigenvalue weighted by atomic mass is 16.2. The number of hydrogen-bond acceptors (Lipinski definition) is 3. The smallest absolute Gasteiger partial charge is 0.261 e. The second-order valence-corrected chi connectivity index (χ2v) is 5.54. The fourth-order valence-electron chi connectivity index (χ4n) is 2.42. The Hall–Kier alpha value is -2.95. The van der Waals surface area contributed by atoms with Gasteiger partial charge in [-0.2, -0.15) is 0 Å². The zero-order valence-corrected chi connectivity index (χ0v) is 13.0. The number of amides is 1. The number of fused-ring (bicyclic) bond motifs is 1. The monoisotopic (exact) mass is 307 g/mol. The average molecular weight is 307 g/mol. The maximum atomic E-state index is 12.3. The highest BCUT2D eigenvalue weighted by Gasteiger charge is 2.12. The van der Waals surface area contributed by atoms with Crippen LogP contribution in [0, 0.1) is 13.8 Å². The highest BCUT2D eigenvalue weighted by molar-refractivity contribution is 5.97. The molecule has 3 rings (SSSR count). The van der Waals surface area contributed by atoms with Crippen molar-refractivity contribution in [2.24, 2.45) is 0 Å². The van der Waals surface area contributed by atoms with Gasteiger partial charge in [-0.25, -0.2) is 0 Å². The van der Waals surface area contributed by atoms with Crippen LogP contribution in [0.15, 0.2) is 47.4 Å². The molecule has 0 spiro atoms. The Labute approximate surface area is 133 Å². The van der Waals surface area contributed by atoms with Crippen LogP contribution in [0.3, 0.4) is 0 Å². The van der Waals surface area contributed by atoms with Crippen LogP contribution in [0.5, 0.6) is 0 Å². The lowest BCUT2D eigenvalue weighted by Crippen LogP contribution is -2.29. The van der Waals surface area contributed by atoms with E-state index >= 15 is 0 Å². The summed E-state index contributed by atoms with van der Waals surface area (Å²) in [6.45, 7) is 4.23. The van der Waals surface area contributed by atoms with Crippen molar-refractivity contribution in [1.29, 1.82) is 0 Å². The maximum absolute atomic E-state index is 12.3. The molecule has 23 heavy (non-hydrogen) atoms. The van der Waals surface area contributed by atoms with Gasteiger partial charge in [0.25, 0.3) is 11.5 Å². The van der Waals surface area contributed by atoms with Crippen molar-refractivity contribution in [2.75, 3.05) is 0 Å². The molecule has 0 saturated carbocycles. The zero-order chi connectivity index (χ0) is 16.4. The summed E-state index contributed by atoms with van der Waals surface area (Å²) in [5, 5.41) is 3.55. The molecule has 2 N–H and O–H groups in total. The first kappa shape index (κ1) is 15.0. The van der Waals surface area contributed by atoms with Gasteiger partial charge in [0.05, 0.1) is 5.52 Å². The molecule has 1 amide bonds. The third-order valence-electron chi connectivity index (χ3n) is 3.79. The number of aryl methyl sites for hydroxylation is 2. The normalized spacial score (nSPS) is 10.7. The van der Waals surface area contributed by atoms with E-state index in [0.717, 1.165) is 22.2 Å². The van der Waals surface area contributed by atoms with Crippen molar-refractivity contribution in [1.82, 2.24) is 15.3 Å². The molecule has 5 heteroatoms. The molecule has 116 valence electrons. The van der Waals surface area contributed by atoms with E-state index in [1.807, 2.05) is 38.1 Å². The van der Waals surface area contributed by atoms with Crippen molar-refractivity contribution in [3.05, 3.63) is 75.3 Å². The van der Waals surface area contributed by atoms with Gasteiger partial charge in [0.2, 0.25) is 0 Å². The van der Waals surface area contributed by atoms with Crippen LogP contribution in [-0.4, -0.2) is 15.9 Å². The molecule has 3 aromatic rings. The Morgan fingerprint density at radius 1 is 1.17 bits per heavy atom. The quantitative estimate of drug-likeness (QED) is 0.780. The van der Waals surface area contributed by atoms with Gasteiger partial charge in [0, 0.05) is 23.8 Å². The number of H-pyrrole nitrogens is 1. The average Bonchev–Trinajstić information content (AvgIpc) is 2.54. The molecule has 0 unspecified atom stereocenters. The summed E-state index contributed by atoms with van der Waals surface area (Å²) in [5.74, 6) is -0.392. The number of carbonyl (C=O) groups is 1. The summed E-state index contributed by atoms with van der Waals surface area (Å²) in [6, 6.07) is 11.2. The second kappa shape index (κ2) is 6.04. The fraction of sp³-hybridized carbons (Fsp3) is 0.167. The van der Waals surface area contributed by atoms with Crippen molar-refractivity contribution in [2.45, 2.75) is 20.4 Å². The zero-order valence-electron chi connectivity index (χ0n) is 13.0. The molecule has 0 aliphatic rings. The van der Waals surface area contributed by atoms with E-state index in [2.05, 4.69) is 15.3 Å². The van der Waals surface area contributed by atoms with Crippen molar-refractivity contribution in [3.8, 4) is 0 Å². The molecule has 0 aliphatic carbocycles. The first-order valence-electron chi connectivity index (χ1n) is 7.37. The second-order valence-electron chi connectivity index (χ2n) is 5.54. The molecule has 0 bridgehead atoms. The van der Waals surface area contributed by atoms with E-state index in [-0.39, 0.29) is 5.56 Å². The van der Waals surface area contributed by atoms with Crippen molar-refractivity contribution < 1.29 is 4.79 Å². The van der Waals surface area contributed by atoms with Gasteiger partial charge in [0.1, 0.15) is 5.56 Å². The van der Waals surface area contributed by atoms with E-state index in [1.54, 1.807) is 18.3 Å². The molecule has 2 aromatic heterocycles. The largest absolute Gasteiger partial charge is 0.348 e. The summed E-state index contributed by atoms with van der Waals surface area (Å²) >= 11 is 0. The Balaban J connectivity index is 1.85. The Morgan fingerprint density at radius 3 is 2.65 bits per heavy atom. The van der Waals surface area contributed by atoms with Crippen LogP contribution in [0.1, 0.15) is 27.2 Å². The summed E-state index contributed by atoms with van der Waals surface area (Å²) < 4.78 is 0. The summed E-state index contributed by atoms with van der Waals surface area (Å²) in [7, 11) is 0. The topological polar surface area (TPSA) is 74.8 Å². The van der Waals surface area contributed by atoms with E-state index in [1.165, 1.54) is 0 Å². The number of nitrogens with one attached hydrogen (secondary N) is 2. The van der Waals surface area contributed by atoms with E-state index in [4.69, 9.17) is 0 Å². The number of nitrogens with zero attached hydrogens (tertiary/aromatic N) is 1. The molecular weight excluding hydrogens is 290 g/mol. The van der Waals surface area contributed by atoms with Gasteiger partial charge in [-0.1, -0.05) is 29.8 Å². The van der Waals surface area contributed by atoms with Crippen LogP contribution >= 0.6 is 0 Å². The first-order chi connectivity index (χ1) is 11.0. The number of aromatic nitrogens is 2. The minimum atomic E-state index is -0.399. The van der Waals surface area contributed by atoms with Gasteiger partial charge in [-0.05, 0) is 31.5 Å². The predicted molar refractivity (Wildman–Crippen MR) is 89.4 cm³/mol. The third-order valence-corrected chi connectivity index (χ3v) is 3.79. The molecule has 0 atom stereocenters. The molecule has 0 fully saturated rings. The minimum absolute atomic E-state index is 0.0979. The minimum Gasteiger partial charge on any atom is -0.348 e. The standard InChI is InChI=1S/C18H17N3O2/c1-11-3-5-13(6-4-11)10-20-17(22)15-9-14-12(2)19-8-7-16(14)21-18(15)23/h3-9H,10H2,1-2H3,(H,20,22)(H,21,23). The van der Waals surface area contributed by atoms with E-state index < -0.39 is 11.5 Å². The summed E-state index contributed by atoms with van der Waals surface area (Å²) in [5.41, 5.74) is 3.29. The van der Waals surface area contributed by atoms with Crippen LogP contribution in [0.4, 0.5) is 0 Å². The molecule has 1 aromatic carbocycles. The molecule has 0 aliphatic heterocycles. The molecule has 0 saturated heterocycles. The fourth-order valence-corrected chi connectivity index (χ4v) is 2.42. The van der Waals surface area contributed by atoms with Crippen LogP contribution < -0.4 is 10.9 Å². The van der Waals surface area contributed by atoms with Gasteiger partial charge in [-0.15, -0.1) is 0 Å². The number of hydrogen-bond donors (Lipinski definition) is 2. The lowest BCUT2D eigenvalue weighted by molar-refractivity contribution is 0.0949. The molecular formula is C18H17N3O2. The Morgan fingerprint density at radius 2 is 1.91 bits per heavy atom. The first-order valence-corrected chi connectivity index (χ1v) is 7.37. The van der Waals surface area contributed by atoms with Gasteiger partial charge >= 0.3 is 0 Å². The number of benzene rings is 1. The maximum Gasteiger partial charge on any atom is 0.261 e. The van der Waals surface area contributed by atoms with E-state index in [0.29, 0.717) is 12.1 Å². The highest BCUT2D eigenvalue weighted by Crippen LogP contribution is 2.13. The number of rotatable bonds is 3. The predicted octanol–water partition coefficient (Wildman–Crippen LogP) is 2.47. The summed E-state index contributed by atoms with van der Waals surface area (Å²) in [4.78, 5) is 31.3. The molecule has 5 nitrogen and oxygen atoms in total. The van der Waals surface area contributed by atoms with Crippen LogP contribution in [0.2, 0.25) is 0 Å². The third kappa shape index (κ3) is 3.13. The van der Waals surface area contributed by atoms with E-state index in [9.17, 15) is 9.59 Å². The van der Waals surface area contributed by atoms with Gasteiger partial charge in [-0.3, -0.25) is 14.6 Å². The lowest BCUT2D eigenvalue weighted by atomic mass is 10.1. The summed E-state index contributed by atoms with van der Waals surface area (Å²) in [6.07, 6.45) is 1.63. The SMILES string of the molecule is Cc1ccc(CNC(=O)c2cc3c(C)nccc3[nH]c2=O)cc1. The van der Waals surface area contributed by atoms with Crippen molar-refractivity contribution in [3.63, 3.8) is 0 Å². The lowest BCUT2D eigenvalue weighted by Gasteiger charge is -2.07. The molecule has 2 heterocycles. The van der Waals surface area contributed by atoms with Crippen molar-refractivity contribution >= 4 is 16.8 Å². The van der Waals surface area contributed by atoms with Crippen LogP contribution in [0.25, 0.3) is 10.9 Å². The van der Waals surface area contributed by atoms with Crippen LogP contribution in [-0.2, 0) is 6.54 Å². The van der Waals surface area contributed by atoms with Gasteiger partial charge < -0.3 is 10.3 Å². The molecule has 0 radical (unpaired) electrons. The number of carbonyl (C=O) groups excluding carboxylic acids is 1. The Kier molecular flexibility index (Phi) is 3.93. The van der Waals surface area contributed by atoms with Gasteiger partial charge in [0.15, 0.2) is 0 Å². The number of pyridine rings is 2. The Bertz CT molecular complexity index is 927.